The molecule has 1 amide bonds. The predicted molar refractivity (Wildman–Crippen MR) is 85.6 cm³/mol. The molecule has 1 aliphatic heterocycles. The van der Waals surface area contributed by atoms with Crippen molar-refractivity contribution in [3.05, 3.63) is 48.0 Å². The van der Waals surface area contributed by atoms with Gasteiger partial charge in [0.2, 0.25) is 11.8 Å². The highest BCUT2D eigenvalue weighted by molar-refractivity contribution is 5.82. The normalized spacial score (nSPS) is 18.2. The zero-order chi connectivity index (χ0) is 16.9. The van der Waals surface area contributed by atoms with Crippen LogP contribution in [0.25, 0.3) is 0 Å². The van der Waals surface area contributed by atoms with Gasteiger partial charge in [0.15, 0.2) is 6.10 Å². The maximum Gasteiger partial charge on any atom is 0.256 e. The Hall–Kier alpha value is -2.67. The van der Waals surface area contributed by atoms with Crippen LogP contribution < -0.4 is 9.47 Å². The molecule has 1 fully saturated rings. The number of hydrogen-bond donors (Lipinski definition) is 1. The van der Waals surface area contributed by atoms with E-state index >= 15 is 0 Å². The maximum absolute atomic E-state index is 12.4. The van der Waals surface area contributed by atoms with Gasteiger partial charge in [0, 0.05) is 25.1 Å². The summed E-state index contributed by atoms with van der Waals surface area (Å²) in [7, 11) is 1.52. The van der Waals surface area contributed by atoms with Crippen molar-refractivity contribution in [2.75, 3.05) is 20.2 Å². The average molecular weight is 329 g/mol. The summed E-state index contributed by atoms with van der Waals surface area (Å²) in [6.07, 6.45) is -0.633. The van der Waals surface area contributed by atoms with Gasteiger partial charge in [-0.2, -0.15) is 0 Å². The van der Waals surface area contributed by atoms with Gasteiger partial charge in [0.1, 0.15) is 6.10 Å². The first-order valence-corrected chi connectivity index (χ1v) is 7.73. The Morgan fingerprint density at radius 1 is 1.21 bits per heavy atom. The lowest BCUT2D eigenvalue weighted by molar-refractivity contribution is -0.139. The van der Waals surface area contributed by atoms with Crippen molar-refractivity contribution in [1.82, 2.24) is 15.1 Å². The van der Waals surface area contributed by atoms with Gasteiger partial charge in [-0.25, -0.2) is 0 Å². The van der Waals surface area contributed by atoms with Gasteiger partial charge in [-0.3, -0.25) is 4.79 Å². The zero-order valence-corrected chi connectivity index (χ0v) is 13.3. The molecule has 2 heterocycles. The number of carbonyl (C=O) groups is 1. The highest BCUT2D eigenvalue weighted by Crippen LogP contribution is 2.21. The van der Waals surface area contributed by atoms with Gasteiger partial charge >= 0.3 is 0 Å². The average Bonchev–Trinajstić information content (AvgIpc) is 3.10. The van der Waals surface area contributed by atoms with Crippen molar-refractivity contribution >= 4 is 5.91 Å². The highest BCUT2D eigenvalue weighted by atomic mass is 16.5. The van der Waals surface area contributed by atoms with E-state index in [1.54, 1.807) is 41.3 Å². The van der Waals surface area contributed by atoms with E-state index in [9.17, 15) is 9.90 Å². The number of aliphatic hydroxyl groups is 1. The maximum atomic E-state index is 12.4. The molecule has 0 saturated carbocycles. The molecule has 0 unspecified atom stereocenters. The number of methoxy groups -OCH3 is 1. The summed E-state index contributed by atoms with van der Waals surface area (Å²) in [4.78, 5) is 14.0. The number of aromatic nitrogens is 2. The van der Waals surface area contributed by atoms with Crippen molar-refractivity contribution in [2.24, 2.45) is 0 Å². The summed E-state index contributed by atoms with van der Waals surface area (Å²) in [6, 6.07) is 12.2. The lowest BCUT2D eigenvalue weighted by Gasteiger charge is -2.20. The number of hydrogen-bond acceptors (Lipinski definition) is 6. The van der Waals surface area contributed by atoms with E-state index in [1.165, 1.54) is 7.11 Å². The van der Waals surface area contributed by atoms with Crippen molar-refractivity contribution < 1.29 is 19.4 Å². The summed E-state index contributed by atoms with van der Waals surface area (Å²) in [6.45, 7) is 0.952. The summed E-state index contributed by atoms with van der Waals surface area (Å²) in [5.74, 6) is 0.489. The molecule has 0 aliphatic carbocycles. The number of likely N-dealkylation sites (tertiary alicyclic amines) is 1. The van der Waals surface area contributed by atoms with Crippen molar-refractivity contribution in [3.8, 4) is 11.8 Å². The van der Waals surface area contributed by atoms with Gasteiger partial charge in [-0.05, 0) is 5.56 Å². The third-order valence-corrected chi connectivity index (χ3v) is 3.92. The predicted octanol–water partition coefficient (Wildman–Crippen LogP) is 1.20. The number of carbonyl (C=O) groups excluding carboxylic acids is 1. The smallest absolute Gasteiger partial charge is 0.256 e. The Morgan fingerprint density at radius 2 is 1.92 bits per heavy atom. The van der Waals surface area contributed by atoms with Crippen LogP contribution in [-0.4, -0.2) is 52.4 Å². The summed E-state index contributed by atoms with van der Waals surface area (Å²) in [5.41, 5.74) is 0.591. The molecule has 2 aromatic rings. The van der Waals surface area contributed by atoms with Crippen molar-refractivity contribution in [2.45, 2.75) is 18.6 Å². The fourth-order valence-corrected chi connectivity index (χ4v) is 2.63. The number of aliphatic hydroxyl groups excluding tert-OH is 1. The quantitative estimate of drug-likeness (QED) is 0.887. The first-order valence-electron chi connectivity index (χ1n) is 7.73. The first-order chi connectivity index (χ1) is 11.7. The van der Waals surface area contributed by atoms with Crippen LogP contribution >= 0.6 is 0 Å². The minimum absolute atomic E-state index is 0.167. The minimum Gasteiger partial charge on any atom is -0.480 e. The topological polar surface area (TPSA) is 84.8 Å². The fourth-order valence-electron chi connectivity index (χ4n) is 2.63. The van der Waals surface area contributed by atoms with E-state index in [0.29, 0.717) is 36.8 Å². The van der Waals surface area contributed by atoms with Gasteiger partial charge in [0.05, 0.1) is 13.7 Å². The fraction of sp³-hybridized carbons (Fsp3) is 0.353. The lowest BCUT2D eigenvalue weighted by atomic mass is 10.1. The van der Waals surface area contributed by atoms with Gasteiger partial charge < -0.3 is 19.5 Å². The third-order valence-electron chi connectivity index (χ3n) is 3.92. The van der Waals surface area contributed by atoms with Crippen LogP contribution in [0.3, 0.4) is 0 Å². The molecular weight excluding hydrogens is 310 g/mol. The van der Waals surface area contributed by atoms with E-state index in [-0.39, 0.29) is 12.0 Å². The Bertz CT molecular complexity index is 678. The van der Waals surface area contributed by atoms with E-state index in [1.807, 2.05) is 6.07 Å². The van der Waals surface area contributed by atoms with Crippen molar-refractivity contribution in [1.29, 1.82) is 0 Å². The number of nitrogens with zero attached hydrogens (tertiary/aromatic N) is 3. The molecule has 126 valence electrons. The van der Waals surface area contributed by atoms with Gasteiger partial charge in [0.25, 0.3) is 5.91 Å². The second-order valence-electron chi connectivity index (χ2n) is 5.54. The number of rotatable bonds is 5. The zero-order valence-electron chi connectivity index (χ0n) is 13.3. The Kier molecular flexibility index (Phi) is 4.90. The summed E-state index contributed by atoms with van der Waals surface area (Å²) >= 11 is 0. The van der Waals surface area contributed by atoms with Gasteiger partial charge in [-0.1, -0.05) is 30.3 Å². The molecule has 1 N–H and O–H groups in total. The number of ether oxygens (including phenoxy) is 2. The Balaban J connectivity index is 1.57. The summed E-state index contributed by atoms with van der Waals surface area (Å²) < 4.78 is 10.7. The Morgan fingerprint density at radius 3 is 2.58 bits per heavy atom. The van der Waals surface area contributed by atoms with Crippen LogP contribution in [0.15, 0.2) is 42.5 Å². The van der Waals surface area contributed by atoms with Crippen LogP contribution in [0.4, 0.5) is 0 Å². The number of benzene rings is 1. The molecule has 1 aliphatic rings. The first kappa shape index (κ1) is 16.2. The molecular formula is C17H19N3O4. The molecule has 3 rings (SSSR count). The molecule has 0 spiro atoms. The monoisotopic (exact) mass is 329 g/mol. The standard InChI is InChI=1S/C17H19N3O4/c1-23-14-7-8-15(19-18-14)24-13-9-10-20(11-13)17(22)16(21)12-5-3-2-4-6-12/h2-8,13,16,21H,9-11H2,1H3/t13-,16+/m1/s1. The van der Waals surface area contributed by atoms with E-state index in [4.69, 9.17) is 9.47 Å². The largest absolute Gasteiger partial charge is 0.480 e. The molecule has 7 nitrogen and oxygen atoms in total. The van der Waals surface area contributed by atoms with Crippen molar-refractivity contribution in [3.63, 3.8) is 0 Å². The van der Waals surface area contributed by atoms with Crippen LogP contribution in [0.2, 0.25) is 0 Å². The molecule has 1 aromatic heterocycles. The molecule has 1 saturated heterocycles. The molecule has 24 heavy (non-hydrogen) atoms. The highest BCUT2D eigenvalue weighted by Gasteiger charge is 2.31. The minimum atomic E-state index is -1.15. The second kappa shape index (κ2) is 7.27. The molecule has 7 heteroatoms. The van der Waals surface area contributed by atoms with E-state index < -0.39 is 6.10 Å². The van der Waals surface area contributed by atoms with Crippen LogP contribution in [0.5, 0.6) is 11.8 Å². The SMILES string of the molecule is COc1ccc(O[C@@H]2CCN(C(=O)[C@@H](O)c3ccccc3)C2)nn1. The summed E-state index contributed by atoms with van der Waals surface area (Å²) in [5, 5.41) is 18.0. The Labute approximate surface area is 139 Å². The molecule has 1 aromatic carbocycles. The second-order valence-corrected chi connectivity index (χ2v) is 5.54. The third kappa shape index (κ3) is 3.62. The van der Waals surface area contributed by atoms with E-state index in [0.717, 1.165) is 0 Å². The van der Waals surface area contributed by atoms with Gasteiger partial charge in [-0.15, -0.1) is 10.2 Å². The molecule has 2 atom stereocenters. The molecule has 0 bridgehead atoms. The molecule has 0 radical (unpaired) electrons. The van der Waals surface area contributed by atoms with E-state index in [2.05, 4.69) is 10.2 Å². The number of amides is 1. The van der Waals surface area contributed by atoms with Crippen LogP contribution in [0, 0.1) is 0 Å². The van der Waals surface area contributed by atoms with Crippen LogP contribution in [0.1, 0.15) is 18.1 Å². The lowest BCUT2D eigenvalue weighted by Crippen LogP contribution is -2.34. The van der Waals surface area contributed by atoms with Crippen LogP contribution in [-0.2, 0) is 4.79 Å².